The molecule has 1 aliphatic rings. The molecule has 2 N–H and O–H groups in total. The van der Waals surface area contributed by atoms with E-state index in [1.54, 1.807) is 6.92 Å². The smallest absolute Gasteiger partial charge is 0.341 e. The number of fused-ring (bicyclic) bond motifs is 1. The summed E-state index contributed by atoms with van der Waals surface area (Å²) in [5, 5.41) is 20.1. The third-order valence-electron chi connectivity index (χ3n) is 3.54. The van der Waals surface area contributed by atoms with Gasteiger partial charge >= 0.3 is 5.97 Å². The molecule has 0 spiro atoms. The minimum absolute atomic E-state index is 0.00542. The van der Waals surface area contributed by atoms with Crippen molar-refractivity contribution in [3.63, 3.8) is 0 Å². The van der Waals surface area contributed by atoms with Crippen LogP contribution in [0.2, 0.25) is 0 Å². The van der Waals surface area contributed by atoms with Crippen molar-refractivity contribution in [3.05, 3.63) is 26.2 Å². The SMILES string of the molecule is CCOC(=O)c1c(-n2c(O)csc2=N)sc2c1CCCC2. The summed E-state index contributed by atoms with van der Waals surface area (Å²) in [5.74, 6) is -0.362. The van der Waals surface area contributed by atoms with Crippen LogP contribution in [0.15, 0.2) is 5.38 Å². The van der Waals surface area contributed by atoms with Gasteiger partial charge in [-0.2, -0.15) is 0 Å². The predicted octanol–water partition coefficient (Wildman–Crippen LogP) is 2.84. The fourth-order valence-corrected chi connectivity index (χ4v) is 4.70. The van der Waals surface area contributed by atoms with Gasteiger partial charge < -0.3 is 9.84 Å². The van der Waals surface area contributed by atoms with Gasteiger partial charge in [0.25, 0.3) is 0 Å². The molecule has 112 valence electrons. The van der Waals surface area contributed by atoms with Crippen LogP contribution in [0.25, 0.3) is 5.00 Å². The van der Waals surface area contributed by atoms with Crippen molar-refractivity contribution >= 4 is 28.6 Å². The monoisotopic (exact) mass is 324 g/mol. The zero-order valence-electron chi connectivity index (χ0n) is 11.6. The molecule has 0 atom stereocenters. The van der Waals surface area contributed by atoms with Crippen molar-refractivity contribution in [2.24, 2.45) is 0 Å². The number of nitrogens with one attached hydrogen (secondary N) is 1. The van der Waals surface area contributed by atoms with Gasteiger partial charge in [0.05, 0.1) is 17.6 Å². The molecule has 7 heteroatoms. The highest BCUT2D eigenvalue weighted by Gasteiger charge is 2.28. The number of aromatic hydroxyl groups is 1. The van der Waals surface area contributed by atoms with Crippen LogP contribution in [-0.2, 0) is 17.6 Å². The number of ether oxygens (including phenoxy) is 1. The molecule has 0 fully saturated rings. The molecule has 21 heavy (non-hydrogen) atoms. The van der Waals surface area contributed by atoms with Crippen LogP contribution in [0, 0.1) is 5.41 Å². The zero-order chi connectivity index (χ0) is 15.0. The quantitative estimate of drug-likeness (QED) is 0.853. The highest BCUT2D eigenvalue weighted by molar-refractivity contribution is 7.15. The number of thiazole rings is 1. The van der Waals surface area contributed by atoms with Crippen LogP contribution >= 0.6 is 22.7 Å². The summed E-state index contributed by atoms with van der Waals surface area (Å²) in [7, 11) is 0. The Morgan fingerprint density at radius 2 is 2.24 bits per heavy atom. The van der Waals surface area contributed by atoms with Gasteiger partial charge in [-0.1, -0.05) is 0 Å². The molecule has 0 amide bonds. The van der Waals surface area contributed by atoms with E-state index in [0.29, 0.717) is 17.2 Å². The first-order valence-corrected chi connectivity index (χ1v) is 8.59. The molecular weight excluding hydrogens is 308 g/mol. The Morgan fingerprint density at radius 3 is 2.90 bits per heavy atom. The van der Waals surface area contributed by atoms with Gasteiger partial charge in [0.2, 0.25) is 5.88 Å². The molecule has 0 aliphatic heterocycles. The van der Waals surface area contributed by atoms with Gasteiger partial charge in [-0.3, -0.25) is 5.41 Å². The van der Waals surface area contributed by atoms with Gasteiger partial charge in [-0.05, 0) is 38.2 Å². The number of hydrogen-bond donors (Lipinski definition) is 2. The number of nitrogens with zero attached hydrogens (tertiary/aromatic N) is 1. The number of hydrogen-bond acceptors (Lipinski definition) is 6. The number of thiophene rings is 1. The van der Waals surface area contributed by atoms with E-state index in [-0.39, 0.29) is 16.7 Å². The van der Waals surface area contributed by atoms with E-state index < -0.39 is 0 Å². The minimum atomic E-state index is -0.357. The molecule has 3 rings (SSSR count). The van der Waals surface area contributed by atoms with Crippen LogP contribution in [-0.4, -0.2) is 22.2 Å². The zero-order valence-corrected chi connectivity index (χ0v) is 13.3. The third kappa shape index (κ3) is 2.40. The topological polar surface area (TPSA) is 75.3 Å². The Balaban J connectivity index is 2.22. The second kappa shape index (κ2) is 5.65. The van der Waals surface area contributed by atoms with Gasteiger partial charge in [0.15, 0.2) is 4.80 Å². The van der Waals surface area contributed by atoms with E-state index in [4.69, 9.17) is 10.1 Å². The maximum absolute atomic E-state index is 12.3. The molecule has 1 aliphatic carbocycles. The Kier molecular flexibility index (Phi) is 3.86. The fourth-order valence-electron chi connectivity index (χ4n) is 2.64. The van der Waals surface area contributed by atoms with Crippen molar-refractivity contribution in [1.82, 2.24) is 4.57 Å². The first kappa shape index (κ1) is 14.3. The highest BCUT2D eigenvalue weighted by Crippen LogP contribution is 2.38. The van der Waals surface area contributed by atoms with E-state index >= 15 is 0 Å². The van der Waals surface area contributed by atoms with Crippen LogP contribution < -0.4 is 4.80 Å². The molecular formula is C14H16N2O3S2. The lowest BCUT2D eigenvalue weighted by Gasteiger charge is -2.12. The normalized spacial score (nSPS) is 14.0. The molecule has 0 aromatic carbocycles. The Labute approximate surface area is 130 Å². The molecule has 2 aromatic rings. The van der Waals surface area contributed by atoms with Gasteiger partial charge in [-0.15, -0.1) is 22.7 Å². The summed E-state index contributed by atoms with van der Waals surface area (Å²) in [5.41, 5.74) is 1.57. The van der Waals surface area contributed by atoms with Crippen LogP contribution in [0.5, 0.6) is 5.88 Å². The summed E-state index contributed by atoms with van der Waals surface area (Å²) in [6.45, 7) is 2.10. The van der Waals surface area contributed by atoms with E-state index in [0.717, 1.165) is 42.6 Å². The first-order chi connectivity index (χ1) is 10.1. The lowest BCUT2D eigenvalue weighted by molar-refractivity contribution is 0.0525. The third-order valence-corrected chi connectivity index (χ3v) is 5.55. The van der Waals surface area contributed by atoms with Crippen molar-refractivity contribution in [2.45, 2.75) is 32.6 Å². The second-order valence-corrected chi connectivity index (χ2v) is 6.79. The van der Waals surface area contributed by atoms with E-state index in [2.05, 4.69) is 0 Å². The van der Waals surface area contributed by atoms with Crippen LogP contribution in [0.1, 0.15) is 40.6 Å². The maximum Gasteiger partial charge on any atom is 0.341 e. The molecule has 0 saturated heterocycles. The van der Waals surface area contributed by atoms with E-state index in [9.17, 15) is 9.90 Å². The van der Waals surface area contributed by atoms with Crippen molar-refractivity contribution in [1.29, 1.82) is 5.41 Å². The molecule has 0 unspecified atom stereocenters. The summed E-state index contributed by atoms with van der Waals surface area (Å²) in [6, 6.07) is 0. The number of rotatable bonds is 3. The van der Waals surface area contributed by atoms with Crippen LogP contribution in [0.3, 0.4) is 0 Å². The highest BCUT2D eigenvalue weighted by atomic mass is 32.1. The fraction of sp³-hybridized carbons (Fsp3) is 0.429. The molecule has 2 aromatic heterocycles. The minimum Gasteiger partial charge on any atom is -0.494 e. The van der Waals surface area contributed by atoms with Gasteiger partial charge in [0, 0.05) is 4.88 Å². The van der Waals surface area contributed by atoms with Crippen molar-refractivity contribution in [2.75, 3.05) is 6.61 Å². The summed E-state index contributed by atoms with van der Waals surface area (Å²) in [4.78, 5) is 13.7. The van der Waals surface area contributed by atoms with Gasteiger partial charge in [0.1, 0.15) is 5.00 Å². The molecule has 0 radical (unpaired) electrons. The summed E-state index contributed by atoms with van der Waals surface area (Å²) in [6.07, 6.45) is 3.98. The molecule has 2 heterocycles. The Bertz CT molecular complexity index is 742. The number of aryl methyl sites for hydroxylation is 1. The standard InChI is InChI=1S/C14H16N2O3S2/c1-2-19-13(18)11-8-5-3-4-6-9(8)21-12(11)16-10(17)7-20-14(16)15/h7,15,17H,2-6H2,1H3. The Morgan fingerprint density at radius 1 is 1.48 bits per heavy atom. The lowest BCUT2D eigenvalue weighted by Crippen LogP contribution is -2.15. The number of carbonyl (C=O) groups is 1. The predicted molar refractivity (Wildman–Crippen MR) is 81.6 cm³/mol. The largest absolute Gasteiger partial charge is 0.494 e. The molecule has 5 nitrogen and oxygen atoms in total. The van der Waals surface area contributed by atoms with E-state index in [1.165, 1.54) is 26.2 Å². The summed E-state index contributed by atoms with van der Waals surface area (Å²) >= 11 is 2.63. The number of esters is 1. The second-order valence-electron chi connectivity index (χ2n) is 4.85. The van der Waals surface area contributed by atoms with Crippen LogP contribution in [0.4, 0.5) is 0 Å². The Hall–Kier alpha value is -1.60. The number of carbonyl (C=O) groups excluding carboxylic acids is 1. The number of aromatic nitrogens is 1. The molecule has 0 bridgehead atoms. The average molecular weight is 324 g/mol. The van der Waals surface area contributed by atoms with Gasteiger partial charge in [-0.25, -0.2) is 9.36 Å². The van der Waals surface area contributed by atoms with Crippen molar-refractivity contribution < 1.29 is 14.6 Å². The molecule has 0 saturated carbocycles. The maximum atomic E-state index is 12.3. The summed E-state index contributed by atoms with van der Waals surface area (Å²) < 4.78 is 6.62. The van der Waals surface area contributed by atoms with E-state index in [1.807, 2.05) is 0 Å². The first-order valence-electron chi connectivity index (χ1n) is 6.89. The lowest BCUT2D eigenvalue weighted by atomic mass is 9.95. The average Bonchev–Trinajstić information content (AvgIpc) is 2.99. The van der Waals surface area contributed by atoms with Crippen molar-refractivity contribution in [3.8, 4) is 10.9 Å².